The van der Waals surface area contributed by atoms with Gasteiger partial charge in [0.05, 0.1) is 5.60 Å². The Morgan fingerprint density at radius 2 is 2.33 bits per heavy atom. The van der Waals surface area contributed by atoms with Crippen LogP contribution in [0.5, 0.6) is 0 Å². The van der Waals surface area contributed by atoms with Crippen molar-refractivity contribution in [2.75, 3.05) is 25.0 Å². The molecule has 0 aliphatic carbocycles. The molecular formula is C12H18N4O3S2. The molecule has 1 saturated heterocycles. The third kappa shape index (κ3) is 2.44. The van der Waals surface area contributed by atoms with Crippen LogP contribution in [0.15, 0.2) is 16.6 Å². The molecule has 1 fully saturated rings. The number of hydrogen-bond donors (Lipinski definition) is 2. The number of β-amino-alcohol motifs (C(OH)–C–C–N with tert-alkyl or cyclic N) is 1. The maximum atomic E-state index is 12.9. The zero-order valence-electron chi connectivity index (χ0n) is 11.9. The summed E-state index contributed by atoms with van der Waals surface area (Å²) in [5, 5.41) is 15.0. The van der Waals surface area contributed by atoms with E-state index in [9.17, 15) is 13.5 Å². The number of thiazole rings is 1. The van der Waals surface area contributed by atoms with E-state index in [0.717, 1.165) is 0 Å². The van der Waals surface area contributed by atoms with E-state index >= 15 is 0 Å². The normalized spacial score (nSPS) is 24.0. The van der Waals surface area contributed by atoms with Gasteiger partial charge in [0.15, 0.2) is 15.8 Å². The molecule has 2 aromatic rings. The van der Waals surface area contributed by atoms with Gasteiger partial charge in [0.2, 0.25) is 0 Å². The van der Waals surface area contributed by atoms with Gasteiger partial charge < -0.3 is 10.4 Å². The monoisotopic (exact) mass is 330 g/mol. The highest BCUT2D eigenvalue weighted by molar-refractivity contribution is 7.89. The third-order valence-electron chi connectivity index (χ3n) is 3.56. The molecule has 1 unspecified atom stereocenters. The fourth-order valence-electron chi connectivity index (χ4n) is 2.53. The van der Waals surface area contributed by atoms with E-state index < -0.39 is 15.6 Å². The van der Waals surface area contributed by atoms with E-state index in [1.807, 2.05) is 6.92 Å². The largest absolute Gasteiger partial charge is 0.389 e. The van der Waals surface area contributed by atoms with Crippen LogP contribution in [0, 0.1) is 0 Å². The summed E-state index contributed by atoms with van der Waals surface area (Å²) in [6.07, 6.45) is 2.14. The van der Waals surface area contributed by atoms with E-state index in [0.29, 0.717) is 30.3 Å². The summed E-state index contributed by atoms with van der Waals surface area (Å²) in [5.41, 5.74) is -0.968. The number of hydrogen-bond acceptors (Lipinski definition) is 6. The summed E-state index contributed by atoms with van der Waals surface area (Å²) in [6.45, 7) is 4.57. The minimum atomic E-state index is -3.70. The molecule has 2 aromatic heterocycles. The van der Waals surface area contributed by atoms with Crippen LogP contribution in [0.25, 0.3) is 4.96 Å². The first-order chi connectivity index (χ1) is 9.85. The van der Waals surface area contributed by atoms with Crippen LogP contribution in [-0.4, -0.2) is 52.4 Å². The number of nitrogens with zero attached hydrogens (tertiary/aromatic N) is 3. The summed E-state index contributed by atoms with van der Waals surface area (Å²) in [4.78, 5) is 4.97. The van der Waals surface area contributed by atoms with Crippen molar-refractivity contribution in [1.82, 2.24) is 13.7 Å². The predicted octanol–water partition coefficient (Wildman–Crippen LogP) is 0.973. The number of aromatic nitrogens is 2. The smallest absolute Gasteiger partial charge is 0.263 e. The Labute approximate surface area is 127 Å². The standard InChI is InChI=1S/C12H18N4O3S2/c1-3-13-9-10(16-6-7-20-11(16)14-9)21(18,19)15-5-4-12(2,17)8-15/h6-7,13,17H,3-5,8H2,1-2H3. The highest BCUT2D eigenvalue weighted by Crippen LogP contribution is 2.32. The van der Waals surface area contributed by atoms with Crippen LogP contribution < -0.4 is 5.32 Å². The summed E-state index contributed by atoms with van der Waals surface area (Å²) in [7, 11) is -3.70. The molecule has 0 saturated carbocycles. The number of anilines is 1. The van der Waals surface area contributed by atoms with Gasteiger partial charge >= 0.3 is 0 Å². The van der Waals surface area contributed by atoms with Gasteiger partial charge in [-0.05, 0) is 20.3 Å². The van der Waals surface area contributed by atoms with Crippen LogP contribution in [0.3, 0.4) is 0 Å². The number of nitrogens with one attached hydrogen (secondary N) is 1. The molecule has 116 valence electrons. The zero-order valence-corrected chi connectivity index (χ0v) is 13.5. The Kier molecular flexibility index (Phi) is 3.47. The van der Waals surface area contributed by atoms with Crippen LogP contribution in [0.1, 0.15) is 20.3 Å². The second kappa shape index (κ2) is 4.94. The second-order valence-electron chi connectivity index (χ2n) is 5.44. The Bertz CT molecular complexity index is 763. The Hall–Kier alpha value is -1.16. The van der Waals surface area contributed by atoms with E-state index in [1.54, 1.807) is 22.9 Å². The van der Waals surface area contributed by atoms with Gasteiger partial charge in [-0.25, -0.2) is 13.4 Å². The topological polar surface area (TPSA) is 86.9 Å². The van der Waals surface area contributed by atoms with Crippen molar-refractivity contribution in [3.63, 3.8) is 0 Å². The van der Waals surface area contributed by atoms with Crippen molar-refractivity contribution in [2.24, 2.45) is 0 Å². The minimum absolute atomic E-state index is 0.109. The van der Waals surface area contributed by atoms with Crippen molar-refractivity contribution in [1.29, 1.82) is 0 Å². The number of fused-ring (bicyclic) bond motifs is 1. The molecule has 7 nitrogen and oxygen atoms in total. The fourth-order valence-corrected chi connectivity index (χ4v) is 5.08. The summed E-state index contributed by atoms with van der Waals surface area (Å²) in [6, 6.07) is 0. The van der Waals surface area contributed by atoms with Gasteiger partial charge in [0.25, 0.3) is 10.0 Å². The van der Waals surface area contributed by atoms with E-state index in [2.05, 4.69) is 10.3 Å². The summed E-state index contributed by atoms with van der Waals surface area (Å²) < 4.78 is 28.7. The van der Waals surface area contributed by atoms with Gasteiger partial charge in [-0.1, -0.05) is 0 Å². The lowest BCUT2D eigenvalue weighted by Crippen LogP contribution is -2.34. The van der Waals surface area contributed by atoms with Gasteiger partial charge in [0.1, 0.15) is 0 Å². The molecule has 2 N–H and O–H groups in total. The number of sulfonamides is 1. The van der Waals surface area contributed by atoms with E-state index in [1.165, 1.54) is 15.6 Å². The molecule has 1 atom stereocenters. The molecule has 0 spiro atoms. The molecule has 0 radical (unpaired) electrons. The van der Waals surface area contributed by atoms with Crippen molar-refractivity contribution < 1.29 is 13.5 Å². The first-order valence-corrected chi connectivity index (χ1v) is 9.09. The molecule has 21 heavy (non-hydrogen) atoms. The maximum absolute atomic E-state index is 12.9. The highest BCUT2D eigenvalue weighted by Gasteiger charge is 2.41. The SMILES string of the molecule is CCNc1nc2sccn2c1S(=O)(=O)N1CCC(C)(O)C1. The Morgan fingerprint density at radius 1 is 1.57 bits per heavy atom. The molecule has 0 bridgehead atoms. The third-order valence-corrected chi connectivity index (χ3v) is 6.19. The molecule has 3 rings (SSSR count). The molecule has 0 aromatic carbocycles. The van der Waals surface area contributed by atoms with Gasteiger partial charge in [-0.15, -0.1) is 11.3 Å². The van der Waals surface area contributed by atoms with E-state index in [4.69, 9.17) is 0 Å². The zero-order chi connectivity index (χ0) is 15.3. The number of imidazole rings is 1. The average molecular weight is 330 g/mol. The molecule has 3 heterocycles. The molecule has 1 aliphatic heterocycles. The molecule has 9 heteroatoms. The lowest BCUT2D eigenvalue weighted by molar-refractivity contribution is 0.0762. The number of rotatable bonds is 4. The van der Waals surface area contributed by atoms with Gasteiger partial charge in [0, 0.05) is 31.2 Å². The highest BCUT2D eigenvalue weighted by atomic mass is 32.2. The van der Waals surface area contributed by atoms with Crippen molar-refractivity contribution in [2.45, 2.75) is 30.9 Å². The molecular weight excluding hydrogens is 312 g/mol. The van der Waals surface area contributed by atoms with E-state index in [-0.39, 0.29) is 11.6 Å². The summed E-state index contributed by atoms with van der Waals surface area (Å²) >= 11 is 1.39. The first kappa shape index (κ1) is 14.8. The lowest BCUT2D eigenvalue weighted by Gasteiger charge is -2.19. The van der Waals surface area contributed by atoms with Crippen molar-refractivity contribution >= 4 is 32.1 Å². The predicted molar refractivity (Wildman–Crippen MR) is 81.2 cm³/mol. The van der Waals surface area contributed by atoms with Gasteiger partial charge in [-0.2, -0.15) is 4.31 Å². The average Bonchev–Trinajstić information content (AvgIpc) is 3.02. The molecule has 1 aliphatic rings. The van der Waals surface area contributed by atoms with Crippen molar-refractivity contribution in [3.05, 3.63) is 11.6 Å². The maximum Gasteiger partial charge on any atom is 0.263 e. The lowest BCUT2D eigenvalue weighted by atomic mass is 10.1. The molecule has 0 amide bonds. The minimum Gasteiger partial charge on any atom is -0.389 e. The Morgan fingerprint density at radius 3 is 2.95 bits per heavy atom. The second-order valence-corrected chi connectivity index (χ2v) is 8.16. The van der Waals surface area contributed by atoms with Crippen LogP contribution in [0.4, 0.5) is 5.82 Å². The quantitative estimate of drug-likeness (QED) is 0.872. The summed E-state index contributed by atoms with van der Waals surface area (Å²) in [5.74, 6) is 0.371. The van der Waals surface area contributed by atoms with Gasteiger partial charge in [-0.3, -0.25) is 4.40 Å². The van der Waals surface area contributed by atoms with Crippen LogP contribution in [0.2, 0.25) is 0 Å². The van der Waals surface area contributed by atoms with Crippen LogP contribution >= 0.6 is 11.3 Å². The number of aliphatic hydroxyl groups is 1. The first-order valence-electron chi connectivity index (χ1n) is 6.77. The Balaban J connectivity index is 2.10. The van der Waals surface area contributed by atoms with Crippen LogP contribution in [-0.2, 0) is 10.0 Å². The van der Waals surface area contributed by atoms with Crippen molar-refractivity contribution in [3.8, 4) is 0 Å². The fraction of sp³-hybridized carbons (Fsp3) is 0.583.